The van der Waals surface area contributed by atoms with Crippen molar-refractivity contribution in [2.75, 3.05) is 25.3 Å². The smallest absolute Gasteiger partial charge is 0.231 e. The Morgan fingerprint density at radius 1 is 1.36 bits per heavy atom. The first kappa shape index (κ1) is 15.6. The average molecular weight is 338 g/mol. The first-order valence-corrected chi connectivity index (χ1v) is 8.10. The summed E-state index contributed by atoms with van der Waals surface area (Å²) < 4.78 is 10.8. The molecule has 2 aromatic heterocycles. The SMILES string of the molecule is COc1ncc(N2NC(c3cn[nH]c3)C3=C2CCOCC3)cc1C#N. The van der Waals surface area contributed by atoms with Crippen molar-refractivity contribution in [1.82, 2.24) is 20.6 Å². The number of anilines is 1. The minimum Gasteiger partial charge on any atom is -0.480 e. The van der Waals surface area contributed by atoms with Gasteiger partial charge in [0.2, 0.25) is 5.88 Å². The lowest BCUT2D eigenvalue weighted by Gasteiger charge is -2.24. The van der Waals surface area contributed by atoms with Crippen molar-refractivity contribution < 1.29 is 9.47 Å². The van der Waals surface area contributed by atoms with Crippen molar-refractivity contribution in [3.63, 3.8) is 0 Å². The van der Waals surface area contributed by atoms with Crippen LogP contribution in [0.15, 0.2) is 35.9 Å². The number of ether oxygens (including phenoxy) is 2. The van der Waals surface area contributed by atoms with Gasteiger partial charge in [0.05, 0.1) is 44.4 Å². The Balaban J connectivity index is 1.75. The number of hydrazine groups is 1. The molecule has 1 atom stereocenters. The number of methoxy groups -OCH3 is 1. The molecule has 2 N–H and O–H groups in total. The van der Waals surface area contributed by atoms with Crippen LogP contribution in [0.2, 0.25) is 0 Å². The second-order valence-electron chi connectivity index (χ2n) is 5.88. The zero-order chi connectivity index (χ0) is 17.2. The Bertz CT molecular complexity index is 839. The Morgan fingerprint density at radius 2 is 2.24 bits per heavy atom. The van der Waals surface area contributed by atoms with Crippen molar-refractivity contribution in [2.24, 2.45) is 0 Å². The molecule has 0 aliphatic carbocycles. The van der Waals surface area contributed by atoms with Gasteiger partial charge in [-0.2, -0.15) is 10.4 Å². The van der Waals surface area contributed by atoms with Gasteiger partial charge in [0.1, 0.15) is 11.6 Å². The predicted molar refractivity (Wildman–Crippen MR) is 89.5 cm³/mol. The molecule has 4 heterocycles. The van der Waals surface area contributed by atoms with Gasteiger partial charge in [-0.3, -0.25) is 10.1 Å². The third kappa shape index (κ3) is 2.73. The van der Waals surface area contributed by atoms with E-state index in [-0.39, 0.29) is 6.04 Å². The number of hydrogen-bond donors (Lipinski definition) is 2. The van der Waals surface area contributed by atoms with Gasteiger partial charge in [-0.05, 0) is 18.1 Å². The van der Waals surface area contributed by atoms with Crippen molar-refractivity contribution in [3.05, 3.63) is 47.1 Å². The van der Waals surface area contributed by atoms with Gasteiger partial charge in [-0.1, -0.05) is 0 Å². The highest BCUT2D eigenvalue weighted by molar-refractivity contribution is 5.59. The topological polar surface area (TPSA) is 99.1 Å². The third-order valence-corrected chi connectivity index (χ3v) is 4.51. The number of nitrogens with one attached hydrogen (secondary N) is 2. The fourth-order valence-electron chi connectivity index (χ4n) is 3.34. The lowest BCUT2D eigenvalue weighted by atomic mass is 9.98. The monoisotopic (exact) mass is 338 g/mol. The highest BCUT2D eigenvalue weighted by atomic mass is 16.5. The van der Waals surface area contributed by atoms with Crippen LogP contribution in [0, 0.1) is 11.3 Å². The summed E-state index contributed by atoms with van der Waals surface area (Å²) >= 11 is 0. The summed E-state index contributed by atoms with van der Waals surface area (Å²) in [7, 11) is 1.51. The molecule has 2 aliphatic heterocycles. The number of aromatic nitrogens is 3. The van der Waals surface area contributed by atoms with E-state index in [1.807, 2.05) is 17.4 Å². The molecule has 0 spiro atoms. The van der Waals surface area contributed by atoms with Crippen molar-refractivity contribution in [3.8, 4) is 11.9 Å². The minimum atomic E-state index is 0.0306. The molecule has 0 saturated carbocycles. The van der Waals surface area contributed by atoms with Crippen LogP contribution < -0.4 is 15.2 Å². The Morgan fingerprint density at radius 3 is 3.00 bits per heavy atom. The summed E-state index contributed by atoms with van der Waals surface area (Å²) in [5.41, 5.74) is 8.25. The number of hydrogen-bond acceptors (Lipinski definition) is 7. The van der Waals surface area contributed by atoms with Gasteiger partial charge in [-0.25, -0.2) is 10.4 Å². The zero-order valence-electron chi connectivity index (χ0n) is 13.8. The lowest BCUT2D eigenvalue weighted by molar-refractivity contribution is 0.144. The van der Waals surface area contributed by atoms with E-state index >= 15 is 0 Å². The molecule has 1 unspecified atom stereocenters. The first-order valence-electron chi connectivity index (χ1n) is 8.10. The molecular formula is C17H18N6O2. The van der Waals surface area contributed by atoms with E-state index in [1.54, 1.807) is 12.3 Å². The van der Waals surface area contributed by atoms with Crippen LogP contribution in [0.1, 0.15) is 30.0 Å². The van der Waals surface area contributed by atoms with E-state index in [1.165, 1.54) is 18.4 Å². The molecule has 4 rings (SSSR count). The van der Waals surface area contributed by atoms with Crippen LogP contribution in [0.4, 0.5) is 5.69 Å². The largest absolute Gasteiger partial charge is 0.480 e. The number of pyridine rings is 1. The highest BCUT2D eigenvalue weighted by Gasteiger charge is 2.34. The number of H-pyrrole nitrogens is 1. The molecule has 0 fully saturated rings. The minimum absolute atomic E-state index is 0.0306. The van der Waals surface area contributed by atoms with Crippen molar-refractivity contribution >= 4 is 5.69 Å². The normalized spacial score (nSPS) is 20.2. The second kappa shape index (κ2) is 6.55. The average Bonchev–Trinajstić information content (AvgIpc) is 3.23. The van der Waals surface area contributed by atoms with E-state index in [4.69, 9.17) is 9.47 Å². The van der Waals surface area contributed by atoms with Crippen LogP contribution in [0.5, 0.6) is 5.88 Å². The summed E-state index contributed by atoms with van der Waals surface area (Å²) in [5, 5.41) is 18.3. The molecule has 0 aromatic carbocycles. The maximum atomic E-state index is 9.34. The van der Waals surface area contributed by atoms with E-state index in [2.05, 4.69) is 26.7 Å². The lowest BCUT2D eigenvalue weighted by Crippen LogP contribution is -2.34. The summed E-state index contributed by atoms with van der Waals surface area (Å²) in [6.07, 6.45) is 7.07. The number of nitrogens with zero attached hydrogens (tertiary/aromatic N) is 4. The van der Waals surface area contributed by atoms with E-state index in [0.717, 1.165) is 24.1 Å². The van der Waals surface area contributed by atoms with E-state index < -0.39 is 0 Å². The molecule has 0 saturated heterocycles. The predicted octanol–water partition coefficient (Wildman–Crippen LogP) is 1.82. The van der Waals surface area contributed by atoms with Crippen molar-refractivity contribution in [1.29, 1.82) is 5.26 Å². The maximum Gasteiger partial charge on any atom is 0.231 e. The molecule has 8 nitrogen and oxygen atoms in total. The molecule has 128 valence electrons. The molecule has 8 heteroatoms. The fourth-order valence-corrected chi connectivity index (χ4v) is 3.34. The quantitative estimate of drug-likeness (QED) is 0.880. The number of rotatable bonds is 3. The van der Waals surface area contributed by atoms with Gasteiger partial charge in [0, 0.05) is 23.9 Å². The van der Waals surface area contributed by atoms with E-state index in [9.17, 15) is 5.26 Å². The van der Waals surface area contributed by atoms with Crippen LogP contribution in [-0.4, -0.2) is 35.5 Å². The molecule has 2 aliphatic rings. The standard InChI is InChI=1S/C17H18N6O2/c1-24-17-11(7-18)6-13(10-19-17)23-15-3-5-25-4-2-14(15)16(22-23)12-8-20-21-9-12/h6,8-10,16,22H,2-5H2,1H3,(H,20,21). The van der Waals surface area contributed by atoms with Gasteiger partial charge in [0.15, 0.2) is 0 Å². The number of aromatic amines is 1. The van der Waals surface area contributed by atoms with Gasteiger partial charge >= 0.3 is 0 Å². The van der Waals surface area contributed by atoms with Gasteiger partial charge in [0.25, 0.3) is 0 Å². The Labute approximate surface area is 145 Å². The van der Waals surface area contributed by atoms with E-state index in [0.29, 0.717) is 24.7 Å². The van der Waals surface area contributed by atoms with Crippen LogP contribution in [0.25, 0.3) is 0 Å². The molecule has 0 bridgehead atoms. The second-order valence-corrected chi connectivity index (χ2v) is 5.88. The fraction of sp³-hybridized carbons (Fsp3) is 0.353. The Hall–Kier alpha value is -2.89. The van der Waals surface area contributed by atoms with Crippen LogP contribution in [0.3, 0.4) is 0 Å². The molecule has 0 radical (unpaired) electrons. The van der Waals surface area contributed by atoms with Gasteiger partial charge in [-0.15, -0.1) is 0 Å². The zero-order valence-corrected chi connectivity index (χ0v) is 13.8. The third-order valence-electron chi connectivity index (χ3n) is 4.51. The number of nitriles is 1. The molecule has 2 aromatic rings. The molecule has 0 amide bonds. The van der Waals surface area contributed by atoms with Crippen LogP contribution in [-0.2, 0) is 4.74 Å². The van der Waals surface area contributed by atoms with Crippen LogP contribution >= 0.6 is 0 Å². The summed E-state index contributed by atoms with van der Waals surface area (Å²) in [4.78, 5) is 4.26. The maximum absolute atomic E-state index is 9.34. The summed E-state index contributed by atoms with van der Waals surface area (Å²) in [6, 6.07) is 3.95. The van der Waals surface area contributed by atoms with Crippen molar-refractivity contribution in [2.45, 2.75) is 18.9 Å². The summed E-state index contributed by atoms with van der Waals surface area (Å²) in [6.45, 7) is 1.37. The molecule has 25 heavy (non-hydrogen) atoms. The Kier molecular flexibility index (Phi) is 4.09. The molecular weight excluding hydrogens is 320 g/mol. The first-order chi connectivity index (χ1) is 12.3. The van der Waals surface area contributed by atoms with Gasteiger partial charge < -0.3 is 9.47 Å². The summed E-state index contributed by atoms with van der Waals surface area (Å²) in [5.74, 6) is 0.329. The highest BCUT2D eigenvalue weighted by Crippen LogP contribution is 2.39.